The van der Waals surface area contributed by atoms with Crippen molar-refractivity contribution in [2.24, 2.45) is 0 Å². The molecule has 0 aromatic heterocycles. The van der Waals surface area contributed by atoms with Crippen LogP contribution in [0.4, 0.5) is 0 Å². The second kappa shape index (κ2) is 5.83. The number of methoxy groups -OCH3 is 1. The van der Waals surface area contributed by atoms with Crippen LogP contribution in [-0.4, -0.2) is 35.4 Å². The number of aliphatic hydroxyl groups excluding tert-OH is 1. The number of hydrogen-bond acceptors (Lipinski definition) is 4. The third-order valence-electron chi connectivity index (χ3n) is 3.44. The van der Waals surface area contributed by atoms with Crippen LogP contribution in [0.3, 0.4) is 0 Å². The summed E-state index contributed by atoms with van der Waals surface area (Å²) >= 11 is 0. The number of carbonyl (C=O) groups is 2. The molecule has 1 aliphatic heterocycles. The lowest BCUT2D eigenvalue weighted by molar-refractivity contribution is -0.128. The number of nitrogens with zero attached hydrogens (tertiary/aromatic N) is 1. The minimum atomic E-state index is -0.598. The Hall–Kier alpha value is -2.56. The van der Waals surface area contributed by atoms with Gasteiger partial charge in [-0.2, -0.15) is 0 Å². The van der Waals surface area contributed by atoms with Gasteiger partial charge >= 0.3 is 0 Å². The molecule has 1 aromatic rings. The van der Waals surface area contributed by atoms with Crippen molar-refractivity contribution in [3.8, 4) is 5.75 Å². The molecule has 1 amide bonds. The van der Waals surface area contributed by atoms with E-state index < -0.39 is 17.7 Å². The van der Waals surface area contributed by atoms with Crippen LogP contribution in [0.15, 0.2) is 48.3 Å². The number of Topliss-reactive ketones (excluding diaryl/α,β-unsaturated/α-hetero) is 1. The molecule has 0 bridgehead atoms. The fourth-order valence-electron chi connectivity index (χ4n) is 2.47. The average Bonchev–Trinajstić information content (AvgIpc) is 2.73. The highest BCUT2D eigenvalue weighted by Gasteiger charge is 2.41. The van der Waals surface area contributed by atoms with Gasteiger partial charge in [0.05, 0.1) is 18.7 Å². The molecule has 1 N–H and O–H groups in total. The molecular weight excluding hydrogens is 270 g/mol. The normalized spacial score (nSPS) is 18.1. The molecule has 0 spiro atoms. The van der Waals surface area contributed by atoms with E-state index in [4.69, 9.17) is 4.74 Å². The van der Waals surface area contributed by atoms with Gasteiger partial charge in [0.25, 0.3) is 5.91 Å². The summed E-state index contributed by atoms with van der Waals surface area (Å²) in [5.41, 5.74) is 0.854. The van der Waals surface area contributed by atoms with E-state index in [1.807, 2.05) is 0 Å². The molecule has 5 heteroatoms. The lowest BCUT2D eigenvalue weighted by Crippen LogP contribution is -2.31. The third-order valence-corrected chi connectivity index (χ3v) is 3.44. The topological polar surface area (TPSA) is 66.8 Å². The average molecular weight is 287 g/mol. The van der Waals surface area contributed by atoms with Crippen LogP contribution in [0.5, 0.6) is 5.75 Å². The Bertz CT molecular complexity index is 616. The zero-order chi connectivity index (χ0) is 15.6. The zero-order valence-electron chi connectivity index (χ0n) is 12.0. The van der Waals surface area contributed by atoms with E-state index in [0.29, 0.717) is 5.75 Å². The first-order valence-electron chi connectivity index (χ1n) is 6.51. The number of rotatable bonds is 5. The molecule has 1 aliphatic rings. The number of carbonyl (C=O) groups excluding carboxylic acids is 2. The molecule has 1 atom stereocenters. The van der Waals surface area contributed by atoms with Gasteiger partial charge in [0.1, 0.15) is 5.75 Å². The maximum absolute atomic E-state index is 12.1. The molecule has 0 aliphatic carbocycles. The number of amides is 1. The van der Waals surface area contributed by atoms with Crippen LogP contribution in [0, 0.1) is 0 Å². The standard InChI is InChI=1S/C16H17NO4/c1-4-9-17-14(11-5-7-12(21-3)8-6-11)13(10(2)18)15(19)16(17)20/h4-8,14,19H,1,9H2,2-3H3/t14-/m0/s1. The molecule has 0 fully saturated rings. The monoisotopic (exact) mass is 287 g/mol. The van der Waals surface area contributed by atoms with E-state index in [9.17, 15) is 14.7 Å². The summed E-state index contributed by atoms with van der Waals surface area (Å²) < 4.78 is 5.10. The summed E-state index contributed by atoms with van der Waals surface area (Å²) in [5.74, 6) is -0.685. The highest BCUT2D eigenvalue weighted by Crippen LogP contribution is 2.37. The predicted molar refractivity (Wildman–Crippen MR) is 78.0 cm³/mol. The van der Waals surface area contributed by atoms with Crippen molar-refractivity contribution in [2.45, 2.75) is 13.0 Å². The first kappa shape index (κ1) is 14.8. The van der Waals surface area contributed by atoms with Gasteiger partial charge in [0.2, 0.25) is 0 Å². The predicted octanol–water partition coefficient (Wildman–Crippen LogP) is 2.17. The van der Waals surface area contributed by atoms with Crippen LogP contribution < -0.4 is 4.74 Å². The quantitative estimate of drug-likeness (QED) is 0.843. The van der Waals surface area contributed by atoms with Crippen LogP contribution in [0.2, 0.25) is 0 Å². The maximum Gasteiger partial charge on any atom is 0.290 e. The Balaban J connectivity index is 2.50. The Morgan fingerprint density at radius 1 is 1.43 bits per heavy atom. The van der Waals surface area contributed by atoms with E-state index in [1.54, 1.807) is 37.5 Å². The summed E-state index contributed by atoms with van der Waals surface area (Å²) in [5, 5.41) is 9.97. The van der Waals surface area contributed by atoms with Gasteiger partial charge < -0.3 is 14.7 Å². The zero-order valence-corrected chi connectivity index (χ0v) is 12.0. The molecule has 21 heavy (non-hydrogen) atoms. The van der Waals surface area contributed by atoms with Crippen LogP contribution in [0.1, 0.15) is 18.5 Å². The SMILES string of the molecule is C=CCN1C(=O)C(O)=C(C(C)=O)[C@@H]1c1ccc(OC)cc1. The van der Waals surface area contributed by atoms with E-state index in [1.165, 1.54) is 11.8 Å². The van der Waals surface area contributed by atoms with E-state index in [0.717, 1.165) is 5.56 Å². The van der Waals surface area contributed by atoms with Gasteiger partial charge in [-0.25, -0.2) is 0 Å². The molecule has 0 unspecified atom stereocenters. The minimum Gasteiger partial charge on any atom is -0.503 e. The van der Waals surface area contributed by atoms with Crippen molar-refractivity contribution in [3.63, 3.8) is 0 Å². The number of ketones is 1. The largest absolute Gasteiger partial charge is 0.503 e. The molecule has 110 valence electrons. The number of ether oxygens (including phenoxy) is 1. The maximum atomic E-state index is 12.1. The van der Waals surface area contributed by atoms with Gasteiger partial charge in [-0.3, -0.25) is 9.59 Å². The molecule has 0 saturated carbocycles. The van der Waals surface area contributed by atoms with Gasteiger partial charge in [-0.05, 0) is 24.6 Å². The summed E-state index contributed by atoms with van der Waals surface area (Å²) in [7, 11) is 1.56. The second-order valence-electron chi connectivity index (χ2n) is 4.74. The first-order chi connectivity index (χ1) is 10.0. The van der Waals surface area contributed by atoms with Crippen LogP contribution in [-0.2, 0) is 9.59 Å². The highest BCUT2D eigenvalue weighted by atomic mass is 16.5. The van der Waals surface area contributed by atoms with E-state index in [2.05, 4.69) is 6.58 Å². The van der Waals surface area contributed by atoms with Gasteiger partial charge in [-0.1, -0.05) is 18.2 Å². The molecule has 1 aromatic carbocycles. The number of benzene rings is 1. The van der Waals surface area contributed by atoms with Crippen LogP contribution >= 0.6 is 0 Å². The van der Waals surface area contributed by atoms with E-state index >= 15 is 0 Å². The minimum absolute atomic E-state index is 0.118. The highest BCUT2D eigenvalue weighted by molar-refractivity contribution is 6.08. The summed E-state index contributed by atoms with van der Waals surface area (Å²) in [6.45, 7) is 5.20. The molecule has 2 rings (SSSR count). The lowest BCUT2D eigenvalue weighted by atomic mass is 9.96. The fraction of sp³-hybridized carbons (Fsp3) is 0.250. The van der Waals surface area contributed by atoms with Gasteiger partial charge in [0, 0.05) is 6.54 Å². The summed E-state index contributed by atoms with van der Waals surface area (Å²) in [6, 6.07) is 6.44. The molecule has 1 heterocycles. The molecule has 0 saturated heterocycles. The Labute approximate surface area is 123 Å². The lowest BCUT2D eigenvalue weighted by Gasteiger charge is -2.25. The molecular formula is C16H17NO4. The van der Waals surface area contributed by atoms with Gasteiger partial charge in [0.15, 0.2) is 11.5 Å². The summed E-state index contributed by atoms with van der Waals surface area (Å²) in [6.07, 6.45) is 1.56. The second-order valence-corrected chi connectivity index (χ2v) is 4.74. The van der Waals surface area contributed by atoms with Crippen molar-refractivity contribution in [2.75, 3.05) is 13.7 Å². The number of hydrogen-bond donors (Lipinski definition) is 1. The number of aliphatic hydroxyl groups is 1. The van der Waals surface area contributed by atoms with Crippen molar-refractivity contribution >= 4 is 11.7 Å². The first-order valence-corrected chi connectivity index (χ1v) is 6.51. The van der Waals surface area contributed by atoms with Crippen molar-refractivity contribution in [1.82, 2.24) is 4.90 Å². The Morgan fingerprint density at radius 3 is 2.52 bits per heavy atom. The third kappa shape index (κ3) is 2.54. The van der Waals surface area contributed by atoms with Crippen molar-refractivity contribution in [1.29, 1.82) is 0 Å². The Morgan fingerprint density at radius 2 is 2.05 bits per heavy atom. The Kier molecular flexibility index (Phi) is 4.12. The molecule has 0 radical (unpaired) electrons. The molecule has 5 nitrogen and oxygen atoms in total. The van der Waals surface area contributed by atoms with Crippen LogP contribution in [0.25, 0.3) is 0 Å². The summed E-state index contributed by atoms with van der Waals surface area (Å²) in [4.78, 5) is 25.3. The van der Waals surface area contributed by atoms with Crippen molar-refractivity contribution < 1.29 is 19.4 Å². The van der Waals surface area contributed by atoms with E-state index in [-0.39, 0.29) is 17.9 Å². The smallest absolute Gasteiger partial charge is 0.290 e. The van der Waals surface area contributed by atoms with Crippen molar-refractivity contribution in [3.05, 3.63) is 53.8 Å². The van der Waals surface area contributed by atoms with Gasteiger partial charge in [-0.15, -0.1) is 6.58 Å². The fourth-order valence-corrected chi connectivity index (χ4v) is 2.47.